The van der Waals surface area contributed by atoms with Crippen LogP contribution < -0.4 is 16.4 Å². The number of ether oxygens (including phenoxy) is 3. The normalized spacial score (nSPS) is 17.5. The largest absolute Gasteiger partial charge is 0.464 e. The molecule has 0 aromatic heterocycles. The average Bonchev–Trinajstić information content (AvgIpc) is 3.63. The summed E-state index contributed by atoms with van der Waals surface area (Å²) in [5.74, 6) is -1.15. The maximum Gasteiger partial charge on any atom is 0.407 e. The van der Waals surface area contributed by atoms with Crippen LogP contribution in [0.5, 0.6) is 0 Å². The van der Waals surface area contributed by atoms with E-state index in [-0.39, 0.29) is 31.8 Å². The van der Waals surface area contributed by atoms with Crippen LogP contribution in [-0.2, 0) is 48.0 Å². The van der Waals surface area contributed by atoms with E-state index in [1.165, 1.54) is 6.92 Å². The third kappa shape index (κ3) is 13.6. The number of nitrogens with one attached hydrogen (secondary N) is 2. The molecule has 6 atom stereocenters. The molecule has 0 aliphatic carbocycles. The molecule has 0 radical (unpaired) electrons. The van der Waals surface area contributed by atoms with E-state index in [2.05, 4.69) is 10.6 Å². The second-order valence-corrected chi connectivity index (χ2v) is 14.7. The predicted molar refractivity (Wildman–Crippen MR) is 208 cm³/mol. The number of nitrogens with zero attached hydrogens (tertiary/aromatic N) is 1. The second kappa shape index (κ2) is 20.7. The minimum atomic E-state index is -0.957. The molecule has 4 rings (SSSR count). The van der Waals surface area contributed by atoms with E-state index in [4.69, 9.17) is 31.5 Å². The lowest BCUT2D eigenvalue weighted by molar-refractivity contribution is -0.142. The van der Waals surface area contributed by atoms with Crippen LogP contribution in [0.4, 0.5) is 4.79 Å². The summed E-state index contributed by atoms with van der Waals surface area (Å²) in [7, 11) is 0. The molecular weight excluding hydrogens is 708 g/mol. The number of alkyl carbamates (subject to hydrolysis) is 1. The van der Waals surface area contributed by atoms with Gasteiger partial charge in [0.05, 0.1) is 30.8 Å². The number of benzene rings is 3. The molecule has 1 aliphatic rings. The Bertz CT molecular complexity index is 1710. The predicted octanol–water partition coefficient (Wildman–Crippen LogP) is 5.77. The van der Waals surface area contributed by atoms with Crippen LogP contribution >= 0.6 is 11.6 Å². The number of nitrogens with two attached hydrogens (primary N) is 1. The molecule has 0 saturated carbocycles. The molecule has 3 aromatic carbocycles. The Morgan fingerprint density at radius 1 is 0.944 bits per heavy atom. The molecule has 12 heteroatoms. The van der Waals surface area contributed by atoms with Crippen molar-refractivity contribution in [2.24, 2.45) is 11.1 Å². The summed E-state index contributed by atoms with van der Waals surface area (Å²) in [6, 6.07) is 24.1. The molecule has 1 aliphatic heterocycles. The number of likely N-dealkylation sites (tertiary alicyclic amines) is 1. The molecule has 1 heterocycles. The fraction of sp³-hybridized carbons (Fsp3) is 0.429. The summed E-state index contributed by atoms with van der Waals surface area (Å²) in [4.78, 5) is 53.6. The second-order valence-electron chi connectivity index (χ2n) is 14.2. The summed E-state index contributed by atoms with van der Waals surface area (Å²) in [6.45, 7) is 7.41. The summed E-state index contributed by atoms with van der Waals surface area (Å²) < 4.78 is 17.2. The molecule has 1 saturated heterocycles. The van der Waals surface area contributed by atoms with Crippen LogP contribution in [0.1, 0.15) is 57.2 Å². The van der Waals surface area contributed by atoms with Gasteiger partial charge in [0.1, 0.15) is 19.3 Å². The number of halogens is 1. The molecule has 11 nitrogen and oxygen atoms in total. The summed E-state index contributed by atoms with van der Waals surface area (Å²) >= 11 is 6.34. The Morgan fingerprint density at radius 2 is 1.61 bits per heavy atom. The number of rotatable bonds is 18. The number of esters is 1. The first kappa shape index (κ1) is 42.0. The number of amides is 3. The van der Waals surface area contributed by atoms with Crippen molar-refractivity contribution in [3.05, 3.63) is 119 Å². The van der Waals surface area contributed by atoms with Gasteiger partial charge in [0.15, 0.2) is 0 Å². The van der Waals surface area contributed by atoms with E-state index in [1.807, 2.05) is 97.9 Å². The monoisotopic (exact) mass is 760 g/mol. The molecule has 4 unspecified atom stereocenters. The smallest absolute Gasteiger partial charge is 0.407 e. The van der Waals surface area contributed by atoms with Gasteiger partial charge in [-0.3, -0.25) is 14.4 Å². The van der Waals surface area contributed by atoms with Gasteiger partial charge in [0.2, 0.25) is 11.8 Å². The first-order valence-electron chi connectivity index (χ1n) is 18.4. The Balaban J connectivity index is 1.50. The summed E-state index contributed by atoms with van der Waals surface area (Å²) in [6.07, 6.45) is 5.08. The molecular formula is C42H53ClN4O7. The van der Waals surface area contributed by atoms with Gasteiger partial charge < -0.3 is 35.5 Å². The van der Waals surface area contributed by atoms with Gasteiger partial charge >= 0.3 is 12.1 Å². The Morgan fingerprint density at radius 3 is 2.26 bits per heavy atom. The van der Waals surface area contributed by atoms with Gasteiger partial charge in [-0.1, -0.05) is 103 Å². The molecule has 4 N–H and O–H groups in total. The van der Waals surface area contributed by atoms with Crippen LogP contribution in [0.15, 0.2) is 97.1 Å². The van der Waals surface area contributed by atoms with Crippen LogP contribution in [0.3, 0.4) is 0 Å². The Kier molecular flexibility index (Phi) is 16.1. The molecule has 1 fully saturated rings. The van der Waals surface area contributed by atoms with Crippen molar-refractivity contribution in [3.8, 4) is 0 Å². The van der Waals surface area contributed by atoms with Crippen LogP contribution in [0, 0.1) is 5.41 Å². The number of carbonyl (C=O) groups is 4. The quantitative estimate of drug-likeness (QED) is 0.109. The Hall–Kier alpha value is -4.71. The first-order chi connectivity index (χ1) is 25.8. The molecule has 3 aromatic rings. The SMILES string of the molecule is CC(=O)OC[C@H](Cc1ccccc1)NC(=O)OC[C@@](C)(/C=C/C1CCCN1C(=O)C(NC(=O)C(C)N)C(C)OCc1ccccc1)Cc1cccc(Cl)c1. The van der Waals surface area contributed by atoms with Crippen molar-refractivity contribution in [2.75, 3.05) is 19.8 Å². The lowest BCUT2D eigenvalue weighted by atomic mass is 9.83. The molecule has 0 bridgehead atoms. The minimum absolute atomic E-state index is 0.00552. The lowest BCUT2D eigenvalue weighted by Crippen LogP contribution is -2.57. The fourth-order valence-corrected chi connectivity index (χ4v) is 6.54. The van der Waals surface area contributed by atoms with Crippen molar-refractivity contribution in [1.29, 1.82) is 0 Å². The maximum atomic E-state index is 14.2. The van der Waals surface area contributed by atoms with Crippen LogP contribution in [0.2, 0.25) is 5.02 Å². The van der Waals surface area contributed by atoms with Gasteiger partial charge in [-0.2, -0.15) is 0 Å². The van der Waals surface area contributed by atoms with E-state index >= 15 is 0 Å². The van der Waals surface area contributed by atoms with Crippen molar-refractivity contribution < 1.29 is 33.4 Å². The van der Waals surface area contributed by atoms with E-state index in [1.54, 1.807) is 24.8 Å². The zero-order chi connectivity index (χ0) is 39.1. The molecule has 290 valence electrons. The maximum absolute atomic E-state index is 14.2. The third-order valence-electron chi connectivity index (χ3n) is 9.27. The van der Waals surface area contributed by atoms with Crippen molar-refractivity contribution in [2.45, 2.75) is 90.3 Å². The Labute approximate surface area is 323 Å². The lowest BCUT2D eigenvalue weighted by Gasteiger charge is -2.32. The average molecular weight is 761 g/mol. The summed E-state index contributed by atoms with van der Waals surface area (Å²) in [5, 5.41) is 6.28. The third-order valence-corrected chi connectivity index (χ3v) is 9.51. The van der Waals surface area contributed by atoms with Crippen molar-refractivity contribution in [3.63, 3.8) is 0 Å². The topological polar surface area (TPSA) is 149 Å². The van der Waals surface area contributed by atoms with Gasteiger partial charge in [-0.25, -0.2) is 4.79 Å². The zero-order valence-corrected chi connectivity index (χ0v) is 32.3. The van der Waals surface area contributed by atoms with E-state index in [0.717, 1.165) is 23.1 Å². The molecule has 3 amide bonds. The van der Waals surface area contributed by atoms with Crippen LogP contribution in [-0.4, -0.2) is 78.8 Å². The minimum Gasteiger partial charge on any atom is -0.464 e. The number of hydrogen-bond donors (Lipinski definition) is 3. The van der Waals surface area contributed by atoms with Crippen molar-refractivity contribution in [1.82, 2.24) is 15.5 Å². The van der Waals surface area contributed by atoms with E-state index in [9.17, 15) is 19.2 Å². The highest BCUT2D eigenvalue weighted by molar-refractivity contribution is 6.30. The van der Waals surface area contributed by atoms with Gasteiger partial charge in [0.25, 0.3) is 0 Å². The highest BCUT2D eigenvalue weighted by Crippen LogP contribution is 2.29. The van der Waals surface area contributed by atoms with Crippen LogP contribution in [0.25, 0.3) is 0 Å². The highest BCUT2D eigenvalue weighted by Gasteiger charge is 2.37. The van der Waals surface area contributed by atoms with Gasteiger partial charge in [-0.15, -0.1) is 0 Å². The fourth-order valence-electron chi connectivity index (χ4n) is 6.33. The molecule has 0 spiro atoms. The van der Waals surface area contributed by atoms with Gasteiger partial charge in [0, 0.05) is 23.9 Å². The standard InChI is InChI=1S/C42H53ClN4O7/c1-29(44)39(49)46-38(30(2)52-26-33-15-9-6-10-16-33)40(50)47-22-12-19-37(47)20-21-42(4,25-34-17-11-18-35(43)23-34)28-54-41(51)45-36(27-53-31(3)48)24-32-13-7-5-8-14-32/h5-11,13-18,20-21,23,29-30,36-38H,12,19,22,24-28,44H2,1-4H3,(H,45,51)(H,46,49)/b21-20+/t29?,30?,36-,37?,38?,42-/m0/s1. The number of carbonyl (C=O) groups excluding carboxylic acids is 4. The molecule has 54 heavy (non-hydrogen) atoms. The first-order valence-corrected chi connectivity index (χ1v) is 18.8. The highest BCUT2D eigenvalue weighted by atomic mass is 35.5. The van der Waals surface area contributed by atoms with Gasteiger partial charge in [-0.05, 0) is 68.4 Å². The van der Waals surface area contributed by atoms with E-state index in [0.29, 0.717) is 30.8 Å². The number of hydrogen-bond acceptors (Lipinski definition) is 8. The summed E-state index contributed by atoms with van der Waals surface area (Å²) in [5.41, 5.74) is 8.03. The van der Waals surface area contributed by atoms with E-state index < -0.39 is 47.6 Å². The van der Waals surface area contributed by atoms with Crippen molar-refractivity contribution >= 4 is 35.5 Å². The zero-order valence-electron chi connectivity index (χ0n) is 31.5.